The van der Waals surface area contributed by atoms with Crippen molar-refractivity contribution in [3.63, 3.8) is 0 Å². The van der Waals surface area contributed by atoms with Crippen molar-refractivity contribution in [2.75, 3.05) is 38.6 Å². The van der Waals surface area contributed by atoms with E-state index in [9.17, 15) is 4.79 Å². The number of piperazine rings is 1. The maximum atomic E-state index is 12.8. The van der Waals surface area contributed by atoms with E-state index in [1.54, 1.807) is 7.11 Å². The molecule has 0 saturated carbocycles. The van der Waals surface area contributed by atoms with E-state index in [-0.39, 0.29) is 6.03 Å². The lowest BCUT2D eigenvalue weighted by Gasteiger charge is -2.36. The van der Waals surface area contributed by atoms with Gasteiger partial charge in [-0.05, 0) is 43.3 Å². The zero-order chi connectivity index (χ0) is 22.8. The summed E-state index contributed by atoms with van der Waals surface area (Å²) in [5, 5.41) is 2.99. The highest BCUT2D eigenvalue weighted by Gasteiger charge is 2.27. The van der Waals surface area contributed by atoms with Crippen LogP contribution >= 0.6 is 0 Å². The van der Waals surface area contributed by atoms with E-state index < -0.39 is 0 Å². The zero-order valence-electron chi connectivity index (χ0n) is 18.7. The number of rotatable bonds is 2. The fourth-order valence-electron chi connectivity index (χ4n) is 4.03. The van der Waals surface area contributed by atoms with Crippen LogP contribution in [0.2, 0.25) is 0 Å². The Hall–Kier alpha value is -4.00. The first-order valence-corrected chi connectivity index (χ1v) is 11.0. The third-order valence-corrected chi connectivity index (χ3v) is 5.91. The molecule has 2 amide bonds. The van der Waals surface area contributed by atoms with Crippen molar-refractivity contribution in [1.82, 2.24) is 9.80 Å². The number of amides is 2. The number of aryl methyl sites for hydroxylation is 1. The van der Waals surface area contributed by atoms with Gasteiger partial charge >= 0.3 is 6.03 Å². The number of ether oxygens (including phenoxy) is 2. The molecular formula is C26H26N4O3. The molecule has 0 unspecified atom stereocenters. The fourth-order valence-corrected chi connectivity index (χ4v) is 4.03. The maximum Gasteiger partial charge on any atom is 0.321 e. The fraction of sp³-hybridized carbons (Fsp3) is 0.231. The average molecular weight is 443 g/mol. The van der Waals surface area contributed by atoms with E-state index in [4.69, 9.17) is 14.5 Å². The van der Waals surface area contributed by atoms with Gasteiger partial charge in [0.15, 0.2) is 5.75 Å². The smallest absolute Gasteiger partial charge is 0.321 e. The normalized spacial score (nSPS) is 14.9. The number of urea groups is 1. The van der Waals surface area contributed by atoms with Gasteiger partial charge in [0.05, 0.1) is 12.7 Å². The Kier molecular flexibility index (Phi) is 5.60. The van der Waals surface area contributed by atoms with Gasteiger partial charge < -0.3 is 24.6 Å². The molecule has 2 heterocycles. The van der Waals surface area contributed by atoms with E-state index >= 15 is 0 Å². The number of amidine groups is 1. The molecule has 1 N–H and O–H groups in total. The van der Waals surface area contributed by atoms with Crippen LogP contribution < -0.4 is 14.8 Å². The van der Waals surface area contributed by atoms with Crippen LogP contribution in [0.3, 0.4) is 0 Å². The summed E-state index contributed by atoms with van der Waals surface area (Å²) >= 11 is 0. The minimum atomic E-state index is -0.0832. The van der Waals surface area contributed by atoms with Crippen LogP contribution in [0.25, 0.3) is 0 Å². The number of benzene rings is 3. The number of nitrogens with zero attached hydrogens (tertiary/aromatic N) is 3. The second kappa shape index (κ2) is 8.86. The molecule has 2 aliphatic heterocycles. The first-order valence-electron chi connectivity index (χ1n) is 11.0. The van der Waals surface area contributed by atoms with Gasteiger partial charge in [0.2, 0.25) is 0 Å². The van der Waals surface area contributed by atoms with Crippen LogP contribution in [0.4, 0.5) is 16.2 Å². The molecule has 1 fully saturated rings. The molecule has 168 valence electrons. The summed E-state index contributed by atoms with van der Waals surface area (Å²) in [5.41, 5.74) is 3.65. The Morgan fingerprint density at radius 1 is 0.970 bits per heavy atom. The van der Waals surface area contributed by atoms with Crippen LogP contribution in [-0.2, 0) is 0 Å². The van der Waals surface area contributed by atoms with Gasteiger partial charge in [-0.3, -0.25) is 0 Å². The zero-order valence-corrected chi connectivity index (χ0v) is 18.7. The first-order chi connectivity index (χ1) is 16.1. The number of anilines is 1. The Labute approximate surface area is 193 Å². The summed E-state index contributed by atoms with van der Waals surface area (Å²) in [4.78, 5) is 21.8. The molecule has 7 nitrogen and oxygen atoms in total. The summed E-state index contributed by atoms with van der Waals surface area (Å²) < 4.78 is 11.6. The van der Waals surface area contributed by atoms with E-state index in [0.717, 1.165) is 34.1 Å². The third kappa shape index (κ3) is 4.35. The Bertz CT molecular complexity index is 1200. The predicted octanol–water partition coefficient (Wildman–Crippen LogP) is 5.04. The predicted molar refractivity (Wildman–Crippen MR) is 129 cm³/mol. The van der Waals surface area contributed by atoms with Crippen LogP contribution in [-0.4, -0.2) is 55.0 Å². The average Bonchev–Trinajstić information content (AvgIpc) is 3.01. The van der Waals surface area contributed by atoms with E-state index in [1.807, 2.05) is 78.6 Å². The minimum Gasteiger partial charge on any atom is -0.497 e. The molecular weight excluding hydrogens is 416 g/mol. The highest BCUT2D eigenvalue weighted by Crippen LogP contribution is 2.39. The summed E-state index contributed by atoms with van der Waals surface area (Å²) in [6, 6.07) is 21.3. The summed E-state index contributed by atoms with van der Waals surface area (Å²) in [6.45, 7) is 4.58. The topological polar surface area (TPSA) is 66.4 Å². The van der Waals surface area contributed by atoms with Crippen molar-refractivity contribution in [2.45, 2.75) is 6.92 Å². The van der Waals surface area contributed by atoms with Gasteiger partial charge in [-0.15, -0.1) is 0 Å². The first kappa shape index (κ1) is 20.9. The molecule has 5 rings (SSSR count). The SMILES string of the molecule is COc1ccc2c(c1)Oc1ccccc1N=C2N1CCN(C(=O)Nc2ccc(C)cc2)CC1. The number of nitrogens with one attached hydrogen (secondary N) is 1. The number of fused-ring (bicyclic) bond motifs is 2. The molecule has 2 aliphatic rings. The van der Waals surface area contributed by atoms with Crippen LogP contribution in [0, 0.1) is 6.92 Å². The number of aliphatic imine (C=N–C) groups is 1. The lowest BCUT2D eigenvalue weighted by Crippen LogP contribution is -2.51. The van der Waals surface area contributed by atoms with Crippen molar-refractivity contribution >= 4 is 23.2 Å². The number of methoxy groups -OCH3 is 1. The largest absolute Gasteiger partial charge is 0.497 e. The van der Waals surface area contributed by atoms with E-state index in [2.05, 4.69) is 10.2 Å². The highest BCUT2D eigenvalue weighted by molar-refractivity contribution is 6.04. The number of para-hydroxylation sites is 2. The molecule has 3 aromatic carbocycles. The number of hydrogen-bond donors (Lipinski definition) is 1. The van der Waals surface area contributed by atoms with Gasteiger partial charge in [0.1, 0.15) is 23.0 Å². The van der Waals surface area contributed by atoms with Crippen LogP contribution in [0.5, 0.6) is 17.2 Å². The van der Waals surface area contributed by atoms with Gasteiger partial charge in [0, 0.05) is 37.9 Å². The molecule has 0 atom stereocenters. The lowest BCUT2D eigenvalue weighted by molar-refractivity contribution is 0.181. The summed E-state index contributed by atoms with van der Waals surface area (Å²) in [7, 11) is 1.64. The number of carbonyl (C=O) groups is 1. The second-order valence-electron chi connectivity index (χ2n) is 8.14. The van der Waals surface area contributed by atoms with Crippen LogP contribution in [0.15, 0.2) is 71.7 Å². The summed E-state index contributed by atoms with van der Waals surface area (Å²) in [5.74, 6) is 2.98. The van der Waals surface area contributed by atoms with Gasteiger partial charge in [0.25, 0.3) is 0 Å². The molecule has 0 bridgehead atoms. The standard InChI is InChI=1S/C26H26N4O3/c1-18-7-9-19(10-8-18)27-26(31)30-15-13-29(14-16-30)25-21-12-11-20(32-2)17-24(21)33-23-6-4-3-5-22(23)28-25/h3-12,17H,13-16H2,1-2H3,(H,27,31). The minimum absolute atomic E-state index is 0.0832. The van der Waals surface area contributed by atoms with Gasteiger partial charge in [-0.1, -0.05) is 29.8 Å². The molecule has 0 aliphatic carbocycles. The molecule has 1 saturated heterocycles. The van der Waals surface area contributed by atoms with Crippen LogP contribution in [0.1, 0.15) is 11.1 Å². The van der Waals surface area contributed by atoms with Crippen molar-refractivity contribution in [3.8, 4) is 17.2 Å². The van der Waals surface area contributed by atoms with Gasteiger partial charge in [-0.2, -0.15) is 0 Å². The Morgan fingerprint density at radius 3 is 2.48 bits per heavy atom. The van der Waals surface area contributed by atoms with Crippen molar-refractivity contribution in [1.29, 1.82) is 0 Å². The number of hydrogen-bond acceptors (Lipinski definition) is 5. The van der Waals surface area contributed by atoms with Crippen molar-refractivity contribution < 1.29 is 14.3 Å². The maximum absolute atomic E-state index is 12.8. The molecule has 7 heteroatoms. The Morgan fingerprint density at radius 2 is 1.73 bits per heavy atom. The monoisotopic (exact) mass is 442 g/mol. The van der Waals surface area contributed by atoms with E-state index in [0.29, 0.717) is 37.7 Å². The van der Waals surface area contributed by atoms with Crippen molar-refractivity contribution in [2.24, 2.45) is 4.99 Å². The lowest BCUT2D eigenvalue weighted by atomic mass is 10.1. The van der Waals surface area contributed by atoms with E-state index in [1.165, 1.54) is 0 Å². The molecule has 0 aromatic heterocycles. The quantitative estimate of drug-likeness (QED) is 0.604. The Balaban J connectivity index is 1.35. The summed E-state index contributed by atoms with van der Waals surface area (Å²) in [6.07, 6.45) is 0. The molecule has 0 radical (unpaired) electrons. The molecule has 33 heavy (non-hydrogen) atoms. The number of carbonyl (C=O) groups excluding carboxylic acids is 1. The molecule has 0 spiro atoms. The van der Waals surface area contributed by atoms with Crippen molar-refractivity contribution in [3.05, 3.63) is 77.9 Å². The second-order valence-corrected chi connectivity index (χ2v) is 8.14. The third-order valence-electron chi connectivity index (χ3n) is 5.91. The van der Waals surface area contributed by atoms with Gasteiger partial charge in [-0.25, -0.2) is 9.79 Å². The molecule has 3 aromatic rings. The highest BCUT2D eigenvalue weighted by atomic mass is 16.5.